The molecule has 0 radical (unpaired) electrons. The van der Waals surface area contributed by atoms with Crippen LogP contribution in [0.15, 0.2) is 53.7 Å². The van der Waals surface area contributed by atoms with Crippen molar-refractivity contribution in [3.63, 3.8) is 0 Å². The summed E-state index contributed by atoms with van der Waals surface area (Å²) in [6.07, 6.45) is 4.14. The molecular weight excluding hydrogens is 404 g/mol. The van der Waals surface area contributed by atoms with Crippen LogP contribution in [0.5, 0.6) is 5.75 Å². The van der Waals surface area contributed by atoms with Crippen LogP contribution in [-0.2, 0) is 6.54 Å². The monoisotopic (exact) mass is 432 g/mol. The third-order valence-corrected chi connectivity index (χ3v) is 5.56. The fourth-order valence-corrected chi connectivity index (χ4v) is 4.10. The molecule has 166 valence electrons. The third kappa shape index (κ3) is 4.22. The highest BCUT2D eigenvalue weighted by Gasteiger charge is 2.26. The molecule has 32 heavy (non-hydrogen) atoms. The predicted molar refractivity (Wildman–Crippen MR) is 127 cm³/mol. The summed E-state index contributed by atoms with van der Waals surface area (Å²) >= 11 is 0. The number of fused-ring (bicyclic) bond motifs is 3. The topological polar surface area (TPSA) is 111 Å². The molecule has 0 saturated heterocycles. The second-order valence-electron chi connectivity index (χ2n) is 7.61. The zero-order chi connectivity index (χ0) is 22.5. The molecule has 1 atom stereocenters. The van der Waals surface area contributed by atoms with E-state index in [2.05, 4.69) is 38.8 Å². The minimum absolute atomic E-state index is 0.00233. The van der Waals surface area contributed by atoms with Crippen LogP contribution < -0.4 is 15.8 Å². The molecule has 8 heteroatoms. The number of nitrogens with one attached hydrogen (secondary N) is 1. The minimum Gasteiger partial charge on any atom is -0.489 e. The maximum atomic E-state index is 9.17. The lowest BCUT2D eigenvalue weighted by molar-refractivity contribution is 0.202. The van der Waals surface area contributed by atoms with Crippen LogP contribution in [0.3, 0.4) is 0 Å². The maximum absolute atomic E-state index is 9.17. The Morgan fingerprint density at radius 1 is 1.34 bits per heavy atom. The first-order valence-electron chi connectivity index (χ1n) is 10.6. The molecule has 0 bridgehead atoms. The van der Waals surface area contributed by atoms with E-state index in [9.17, 15) is 5.11 Å². The first kappa shape index (κ1) is 21.6. The Morgan fingerprint density at radius 2 is 2.19 bits per heavy atom. The van der Waals surface area contributed by atoms with Crippen molar-refractivity contribution >= 4 is 17.5 Å². The normalized spacial score (nSPS) is 15.8. The number of allylic oxidation sites excluding steroid dienone is 1. The zero-order valence-electron chi connectivity index (χ0n) is 18.3. The maximum Gasteiger partial charge on any atom is 0.142 e. The van der Waals surface area contributed by atoms with Gasteiger partial charge in [0.25, 0.3) is 0 Å². The van der Waals surface area contributed by atoms with Gasteiger partial charge in [-0.1, -0.05) is 29.5 Å². The molecule has 0 fully saturated rings. The van der Waals surface area contributed by atoms with E-state index in [0.29, 0.717) is 5.75 Å². The predicted octanol–water partition coefficient (Wildman–Crippen LogP) is 3.18. The summed E-state index contributed by atoms with van der Waals surface area (Å²) in [4.78, 5) is 4.13. The van der Waals surface area contributed by atoms with Crippen molar-refractivity contribution in [2.45, 2.75) is 25.9 Å². The van der Waals surface area contributed by atoms with Crippen molar-refractivity contribution in [1.29, 1.82) is 0 Å². The molecule has 0 aliphatic carbocycles. The van der Waals surface area contributed by atoms with Gasteiger partial charge in [0.2, 0.25) is 0 Å². The number of aromatic nitrogens is 3. The fourth-order valence-electron chi connectivity index (χ4n) is 4.10. The van der Waals surface area contributed by atoms with E-state index >= 15 is 0 Å². The van der Waals surface area contributed by atoms with Gasteiger partial charge in [-0.3, -0.25) is 4.99 Å². The smallest absolute Gasteiger partial charge is 0.142 e. The van der Waals surface area contributed by atoms with Crippen LogP contribution in [0.25, 0.3) is 16.8 Å². The third-order valence-electron chi connectivity index (χ3n) is 5.56. The first-order chi connectivity index (χ1) is 15.7. The van der Waals surface area contributed by atoms with E-state index in [1.165, 1.54) is 0 Å². The quantitative estimate of drug-likeness (QED) is 0.495. The number of aryl methyl sites for hydroxylation is 2. The summed E-state index contributed by atoms with van der Waals surface area (Å²) in [5.41, 5.74) is 12.7. The van der Waals surface area contributed by atoms with Crippen LogP contribution >= 0.6 is 0 Å². The summed E-state index contributed by atoms with van der Waals surface area (Å²) in [6, 6.07) is 14.1. The summed E-state index contributed by atoms with van der Waals surface area (Å²) in [6.45, 7) is 2.92. The molecule has 1 aliphatic heterocycles. The fraction of sp³-hybridized carbons (Fsp3) is 0.292. The van der Waals surface area contributed by atoms with Gasteiger partial charge in [-0.15, -0.1) is 5.10 Å². The van der Waals surface area contributed by atoms with Crippen LogP contribution in [-0.4, -0.2) is 46.6 Å². The number of aliphatic imine (C=N–C) groups is 1. The average Bonchev–Trinajstić information content (AvgIpc) is 3.11. The largest absolute Gasteiger partial charge is 0.489 e. The van der Waals surface area contributed by atoms with E-state index in [-0.39, 0.29) is 19.3 Å². The minimum atomic E-state index is -0.0372. The average molecular weight is 433 g/mol. The van der Waals surface area contributed by atoms with Gasteiger partial charge in [0.1, 0.15) is 12.4 Å². The summed E-state index contributed by atoms with van der Waals surface area (Å²) in [5.74, 6) is 0.708. The molecule has 8 nitrogen and oxygen atoms in total. The van der Waals surface area contributed by atoms with Crippen molar-refractivity contribution in [3.05, 3.63) is 65.5 Å². The van der Waals surface area contributed by atoms with Gasteiger partial charge < -0.3 is 20.9 Å². The molecule has 2 aromatic carbocycles. The lowest BCUT2D eigenvalue weighted by atomic mass is 9.92. The van der Waals surface area contributed by atoms with Crippen LogP contribution in [0.4, 0.5) is 5.69 Å². The van der Waals surface area contributed by atoms with Crippen LogP contribution in [0, 0.1) is 6.92 Å². The Labute approximate surface area is 187 Å². The number of hydrogen-bond donors (Lipinski definition) is 3. The highest BCUT2D eigenvalue weighted by atomic mass is 16.5. The highest BCUT2D eigenvalue weighted by Crippen LogP contribution is 2.39. The van der Waals surface area contributed by atoms with Gasteiger partial charge in [-0.05, 0) is 42.7 Å². The van der Waals surface area contributed by atoms with E-state index in [1.54, 1.807) is 19.5 Å². The molecule has 1 aromatic heterocycles. The first-order valence-corrected chi connectivity index (χ1v) is 10.6. The van der Waals surface area contributed by atoms with Gasteiger partial charge in [-0.25, -0.2) is 4.68 Å². The molecule has 1 unspecified atom stereocenters. The van der Waals surface area contributed by atoms with Crippen molar-refractivity contribution in [2.75, 3.05) is 25.6 Å². The van der Waals surface area contributed by atoms with Crippen molar-refractivity contribution in [2.24, 2.45) is 10.7 Å². The van der Waals surface area contributed by atoms with Crippen molar-refractivity contribution in [3.8, 4) is 17.0 Å². The molecule has 3 aromatic rings. The zero-order valence-corrected chi connectivity index (χ0v) is 18.3. The molecule has 2 heterocycles. The highest BCUT2D eigenvalue weighted by molar-refractivity contribution is 6.09. The number of aliphatic hydroxyl groups is 1. The number of hydrogen-bond acceptors (Lipinski definition) is 7. The second-order valence-corrected chi connectivity index (χ2v) is 7.61. The Hall–Kier alpha value is -3.65. The standard InChI is InChI=1S/C24H28N6O2/c1-16-24-19-8-7-17(18(14-25)15-26-2)13-20(19)21(9-10-30(24)29-28-16)27-22-5-3-4-6-23(22)32-12-11-31/h3-8,13-15,21,27,31H,9-12,25H2,1-2H3. The van der Waals surface area contributed by atoms with Gasteiger partial charge in [0, 0.05) is 37.1 Å². The van der Waals surface area contributed by atoms with Crippen molar-refractivity contribution < 1.29 is 9.84 Å². The number of ether oxygens (including phenoxy) is 1. The Morgan fingerprint density at radius 3 is 2.97 bits per heavy atom. The lowest BCUT2D eigenvalue weighted by Gasteiger charge is -2.23. The van der Waals surface area contributed by atoms with Gasteiger partial charge >= 0.3 is 0 Å². The van der Waals surface area contributed by atoms with Gasteiger partial charge in [-0.2, -0.15) is 0 Å². The number of aliphatic hydroxyl groups excluding tert-OH is 1. The molecule has 0 saturated carbocycles. The Kier molecular flexibility index (Phi) is 6.51. The van der Waals surface area contributed by atoms with Gasteiger partial charge in [0.15, 0.2) is 0 Å². The van der Waals surface area contributed by atoms with E-state index < -0.39 is 0 Å². The van der Waals surface area contributed by atoms with E-state index in [1.807, 2.05) is 35.9 Å². The number of nitrogens with two attached hydrogens (primary N) is 1. The van der Waals surface area contributed by atoms with Crippen LogP contribution in [0.2, 0.25) is 0 Å². The van der Waals surface area contributed by atoms with Crippen LogP contribution in [0.1, 0.15) is 29.3 Å². The summed E-state index contributed by atoms with van der Waals surface area (Å²) in [5, 5.41) is 21.5. The lowest BCUT2D eigenvalue weighted by Crippen LogP contribution is -2.14. The molecule has 0 amide bonds. The number of rotatable bonds is 7. The molecular formula is C24H28N6O2. The number of nitrogens with zero attached hydrogens (tertiary/aromatic N) is 4. The summed E-state index contributed by atoms with van der Waals surface area (Å²) in [7, 11) is 1.73. The number of anilines is 1. The number of benzene rings is 2. The Bertz CT molecular complexity index is 1150. The SMILES string of the molecule is CN=CC(=CN)c1ccc2c(c1)C(Nc1ccccc1OCCO)CCn1nnc(C)c1-2. The molecule has 1 aliphatic rings. The molecule has 4 N–H and O–H groups in total. The van der Waals surface area contributed by atoms with Crippen molar-refractivity contribution in [1.82, 2.24) is 15.0 Å². The molecule has 4 rings (SSSR count). The second kappa shape index (κ2) is 9.65. The van der Waals surface area contributed by atoms with E-state index in [0.717, 1.165) is 52.3 Å². The molecule has 0 spiro atoms. The van der Waals surface area contributed by atoms with Gasteiger partial charge in [0.05, 0.1) is 29.7 Å². The summed E-state index contributed by atoms with van der Waals surface area (Å²) < 4.78 is 7.71. The van der Waals surface area contributed by atoms with E-state index in [4.69, 9.17) is 10.5 Å². The number of para-hydroxylation sites is 2. The Balaban J connectivity index is 1.80.